The second kappa shape index (κ2) is 5.29. The lowest BCUT2D eigenvalue weighted by molar-refractivity contribution is 0.0386. The zero-order chi connectivity index (χ0) is 10.5. The maximum absolute atomic E-state index is 5.42. The smallest absolute Gasteiger partial charge is 0.0506 e. The molecule has 0 bridgehead atoms. The van der Waals surface area contributed by atoms with E-state index in [9.17, 15) is 0 Å². The van der Waals surface area contributed by atoms with Crippen LogP contribution in [0.25, 0.3) is 0 Å². The number of nitrogens with one attached hydrogen (secondary N) is 1. The van der Waals surface area contributed by atoms with E-state index in [-0.39, 0.29) is 0 Å². The quantitative estimate of drug-likeness (QED) is 0.817. The van der Waals surface area contributed by atoms with Crippen LogP contribution in [0.4, 0.5) is 0 Å². The first-order valence-electron chi connectivity index (χ1n) is 5.71. The second-order valence-corrected chi connectivity index (χ2v) is 4.31. The number of rotatable bonds is 3. The lowest BCUT2D eigenvalue weighted by atomic mass is 9.97. The summed E-state index contributed by atoms with van der Waals surface area (Å²) in [5.41, 5.74) is 1.36. The third kappa shape index (κ3) is 3.05. The van der Waals surface area contributed by atoms with Crippen LogP contribution in [0, 0.1) is 5.92 Å². The molecule has 0 spiro atoms. The Balaban J connectivity index is 1.82. The van der Waals surface area contributed by atoms with Gasteiger partial charge in [0.1, 0.15) is 0 Å². The van der Waals surface area contributed by atoms with E-state index < -0.39 is 0 Å². The molecule has 2 rings (SSSR count). The molecule has 2 heteroatoms. The average molecular weight is 205 g/mol. The first-order valence-corrected chi connectivity index (χ1v) is 5.71. The molecule has 1 heterocycles. The molecule has 0 aromatic heterocycles. The van der Waals surface area contributed by atoms with Crippen molar-refractivity contribution < 1.29 is 4.74 Å². The molecular formula is C13H19NO. The van der Waals surface area contributed by atoms with E-state index in [0.717, 1.165) is 26.2 Å². The SMILES string of the molecule is C[C@H]1COCC[C@@H]1NCc1ccccc1. The van der Waals surface area contributed by atoms with Crippen LogP contribution in [0.2, 0.25) is 0 Å². The molecule has 1 saturated heterocycles. The van der Waals surface area contributed by atoms with Crippen LogP contribution >= 0.6 is 0 Å². The second-order valence-electron chi connectivity index (χ2n) is 4.31. The Labute approximate surface area is 91.6 Å². The summed E-state index contributed by atoms with van der Waals surface area (Å²) in [6.07, 6.45) is 1.13. The van der Waals surface area contributed by atoms with Crippen molar-refractivity contribution in [1.82, 2.24) is 5.32 Å². The highest BCUT2D eigenvalue weighted by molar-refractivity contribution is 5.14. The van der Waals surface area contributed by atoms with Gasteiger partial charge in [0.2, 0.25) is 0 Å². The third-order valence-corrected chi connectivity index (χ3v) is 3.05. The maximum Gasteiger partial charge on any atom is 0.0506 e. The van der Waals surface area contributed by atoms with Crippen molar-refractivity contribution in [2.75, 3.05) is 13.2 Å². The predicted octanol–water partition coefficient (Wildman–Crippen LogP) is 2.20. The first-order chi connectivity index (χ1) is 7.36. The number of hydrogen-bond donors (Lipinski definition) is 1. The highest BCUT2D eigenvalue weighted by atomic mass is 16.5. The largest absolute Gasteiger partial charge is 0.381 e. The molecule has 82 valence electrons. The van der Waals surface area contributed by atoms with Gasteiger partial charge in [-0.15, -0.1) is 0 Å². The summed E-state index contributed by atoms with van der Waals surface area (Å²) < 4.78 is 5.42. The summed E-state index contributed by atoms with van der Waals surface area (Å²) in [4.78, 5) is 0. The van der Waals surface area contributed by atoms with Crippen LogP contribution < -0.4 is 5.32 Å². The molecule has 0 amide bonds. The molecule has 1 aliphatic rings. The van der Waals surface area contributed by atoms with Crippen LogP contribution in [-0.2, 0) is 11.3 Å². The molecule has 2 atom stereocenters. The molecule has 1 N–H and O–H groups in total. The van der Waals surface area contributed by atoms with Gasteiger partial charge in [0, 0.05) is 19.2 Å². The first kappa shape index (κ1) is 10.7. The van der Waals surface area contributed by atoms with Gasteiger partial charge in [0.25, 0.3) is 0 Å². The van der Waals surface area contributed by atoms with E-state index in [2.05, 4.69) is 42.6 Å². The summed E-state index contributed by atoms with van der Waals surface area (Å²) in [6, 6.07) is 11.2. The van der Waals surface area contributed by atoms with E-state index in [1.165, 1.54) is 5.56 Å². The van der Waals surface area contributed by atoms with Gasteiger partial charge >= 0.3 is 0 Å². The lowest BCUT2D eigenvalue weighted by Crippen LogP contribution is -2.40. The summed E-state index contributed by atoms with van der Waals surface area (Å²) in [6.45, 7) is 5.01. The fraction of sp³-hybridized carbons (Fsp3) is 0.538. The maximum atomic E-state index is 5.42. The van der Waals surface area contributed by atoms with Crippen LogP contribution in [-0.4, -0.2) is 19.3 Å². The average Bonchev–Trinajstić information content (AvgIpc) is 2.29. The molecule has 1 aliphatic heterocycles. The van der Waals surface area contributed by atoms with Crippen molar-refractivity contribution in [1.29, 1.82) is 0 Å². The Hall–Kier alpha value is -0.860. The van der Waals surface area contributed by atoms with Crippen molar-refractivity contribution in [3.8, 4) is 0 Å². The Morgan fingerprint density at radius 2 is 2.13 bits per heavy atom. The van der Waals surface area contributed by atoms with Gasteiger partial charge in [0.05, 0.1) is 6.61 Å². The van der Waals surface area contributed by atoms with Crippen LogP contribution in [0.1, 0.15) is 18.9 Å². The summed E-state index contributed by atoms with van der Waals surface area (Å²) in [5.74, 6) is 0.627. The van der Waals surface area contributed by atoms with Crippen molar-refractivity contribution in [2.24, 2.45) is 5.92 Å². The highest BCUT2D eigenvalue weighted by Gasteiger charge is 2.20. The standard InChI is InChI=1S/C13H19NO/c1-11-10-15-8-7-13(11)14-9-12-5-3-2-4-6-12/h2-6,11,13-14H,7-10H2,1H3/t11-,13-/m0/s1. The normalized spacial score (nSPS) is 26.5. The Kier molecular flexibility index (Phi) is 3.75. The molecular weight excluding hydrogens is 186 g/mol. The molecule has 0 saturated carbocycles. The zero-order valence-corrected chi connectivity index (χ0v) is 9.28. The number of ether oxygens (including phenoxy) is 1. The summed E-state index contributed by atoms with van der Waals surface area (Å²) in [7, 11) is 0. The predicted molar refractivity (Wildman–Crippen MR) is 61.7 cm³/mol. The fourth-order valence-corrected chi connectivity index (χ4v) is 2.03. The fourth-order valence-electron chi connectivity index (χ4n) is 2.03. The van der Waals surface area contributed by atoms with Gasteiger partial charge in [-0.05, 0) is 17.9 Å². The molecule has 15 heavy (non-hydrogen) atoms. The Morgan fingerprint density at radius 3 is 2.87 bits per heavy atom. The minimum atomic E-state index is 0.610. The van der Waals surface area contributed by atoms with Crippen molar-refractivity contribution in [3.05, 3.63) is 35.9 Å². The molecule has 1 aromatic carbocycles. The van der Waals surface area contributed by atoms with Crippen LogP contribution in [0.3, 0.4) is 0 Å². The van der Waals surface area contributed by atoms with E-state index in [1.54, 1.807) is 0 Å². The Bertz CT molecular complexity index is 286. The molecule has 2 nitrogen and oxygen atoms in total. The number of benzene rings is 1. The van der Waals surface area contributed by atoms with Crippen molar-refractivity contribution in [2.45, 2.75) is 25.9 Å². The minimum Gasteiger partial charge on any atom is -0.381 e. The highest BCUT2D eigenvalue weighted by Crippen LogP contribution is 2.14. The molecule has 1 aromatic rings. The van der Waals surface area contributed by atoms with Crippen LogP contribution in [0.15, 0.2) is 30.3 Å². The van der Waals surface area contributed by atoms with E-state index in [1.807, 2.05) is 0 Å². The van der Waals surface area contributed by atoms with Gasteiger partial charge in [0.15, 0.2) is 0 Å². The van der Waals surface area contributed by atoms with E-state index in [4.69, 9.17) is 4.74 Å². The monoisotopic (exact) mass is 205 g/mol. The van der Waals surface area contributed by atoms with E-state index in [0.29, 0.717) is 12.0 Å². The lowest BCUT2D eigenvalue weighted by Gasteiger charge is -2.29. The Morgan fingerprint density at radius 1 is 1.33 bits per heavy atom. The van der Waals surface area contributed by atoms with Gasteiger partial charge in [-0.2, -0.15) is 0 Å². The van der Waals surface area contributed by atoms with Gasteiger partial charge in [-0.3, -0.25) is 0 Å². The molecule has 0 unspecified atom stereocenters. The molecule has 0 aliphatic carbocycles. The van der Waals surface area contributed by atoms with Gasteiger partial charge in [-0.25, -0.2) is 0 Å². The van der Waals surface area contributed by atoms with Crippen molar-refractivity contribution in [3.63, 3.8) is 0 Å². The van der Waals surface area contributed by atoms with Gasteiger partial charge < -0.3 is 10.1 Å². The van der Waals surface area contributed by atoms with Gasteiger partial charge in [-0.1, -0.05) is 37.3 Å². The molecule has 1 fully saturated rings. The summed E-state index contributed by atoms with van der Waals surface area (Å²) >= 11 is 0. The third-order valence-electron chi connectivity index (χ3n) is 3.05. The number of hydrogen-bond acceptors (Lipinski definition) is 2. The van der Waals surface area contributed by atoms with Crippen LogP contribution in [0.5, 0.6) is 0 Å². The minimum absolute atomic E-state index is 0.610. The molecule has 0 radical (unpaired) electrons. The zero-order valence-electron chi connectivity index (χ0n) is 9.28. The summed E-state index contributed by atoms with van der Waals surface area (Å²) in [5, 5.41) is 3.61. The topological polar surface area (TPSA) is 21.3 Å². The van der Waals surface area contributed by atoms with E-state index >= 15 is 0 Å². The van der Waals surface area contributed by atoms with Crippen molar-refractivity contribution >= 4 is 0 Å².